The number of aryl methyl sites for hydroxylation is 1. The van der Waals surface area contributed by atoms with Crippen LogP contribution in [0.5, 0.6) is 0 Å². The topological polar surface area (TPSA) is 46.9 Å². The summed E-state index contributed by atoms with van der Waals surface area (Å²) in [5.41, 5.74) is 2.19. The van der Waals surface area contributed by atoms with E-state index in [0.29, 0.717) is 6.54 Å². The van der Waals surface area contributed by atoms with Crippen molar-refractivity contribution in [3.05, 3.63) is 30.1 Å². The van der Waals surface area contributed by atoms with Crippen molar-refractivity contribution < 1.29 is 4.79 Å². The fourth-order valence-corrected chi connectivity index (χ4v) is 3.64. The quantitative estimate of drug-likeness (QED) is 0.392. The first-order valence-corrected chi connectivity index (χ1v) is 11.3. The standard InChI is InChI=1S/C24H39N3O/c1-4-5-6-7-8-9-10-11-12-15-18-27-22-17-14-13-16-21(22)26-23(27)19-25-24(28)20(2)3/h13-14,16-17,20H,4-12,15,18-19H2,1-3H3,(H,25,28). The molecule has 0 fully saturated rings. The van der Waals surface area contributed by atoms with Gasteiger partial charge < -0.3 is 9.88 Å². The van der Waals surface area contributed by atoms with E-state index in [9.17, 15) is 4.79 Å². The molecule has 4 nitrogen and oxygen atoms in total. The molecular weight excluding hydrogens is 346 g/mol. The third-order valence-electron chi connectivity index (χ3n) is 5.41. The van der Waals surface area contributed by atoms with Gasteiger partial charge >= 0.3 is 0 Å². The van der Waals surface area contributed by atoms with Crippen LogP contribution < -0.4 is 5.32 Å². The van der Waals surface area contributed by atoms with E-state index in [1.54, 1.807) is 0 Å². The Balaban J connectivity index is 1.79. The van der Waals surface area contributed by atoms with Crippen molar-refractivity contribution in [2.75, 3.05) is 0 Å². The first-order chi connectivity index (χ1) is 13.6. The summed E-state index contributed by atoms with van der Waals surface area (Å²) in [7, 11) is 0. The SMILES string of the molecule is CCCCCCCCCCCCn1c(CNC(=O)C(C)C)nc2ccccc21. The molecule has 0 atom stereocenters. The highest BCUT2D eigenvalue weighted by atomic mass is 16.1. The maximum absolute atomic E-state index is 11.9. The second kappa shape index (κ2) is 12.6. The molecule has 1 heterocycles. The Morgan fingerprint density at radius 1 is 0.964 bits per heavy atom. The summed E-state index contributed by atoms with van der Waals surface area (Å²) in [5.74, 6) is 1.04. The van der Waals surface area contributed by atoms with E-state index < -0.39 is 0 Å². The van der Waals surface area contributed by atoms with Crippen LogP contribution in [0.3, 0.4) is 0 Å². The summed E-state index contributed by atoms with van der Waals surface area (Å²) in [6.45, 7) is 7.59. The number of aromatic nitrogens is 2. The molecule has 2 rings (SSSR count). The summed E-state index contributed by atoms with van der Waals surface area (Å²) in [6, 6.07) is 8.27. The van der Waals surface area contributed by atoms with E-state index >= 15 is 0 Å². The van der Waals surface area contributed by atoms with E-state index in [1.165, 1.54) is 69.7 Å². The van der Waals surface area contributed by atoms with Gasteiger partial charge in [0, 0.05) is 12.5 Å². The van der Waals surface area contributed by atoms with Crippen LogP contribution in [0, 0.1) is 5.92 Å². The molecule has 1 amide bonds. The zero-order valence-corrected chi connectivity index (χ0v) is 18.2. The summed E-state index contributed by atoms with van der Waals surface area (Å²) in [5, 5.41) is 3.02. The van der Waals surface area contributed by atoms with Crippen LogP contribution in [0.25, 0.3) is 11.0 Å². The van der Waals surface area contributed by atoms with Gasteiger partial charge in [0.15, 0.2) is 0 Å². The molecule has 156 valence electrons. The van der Waals surface area contributed by atoms with E-state index in [1.807, 2.05) is 19.9 Å². The highest BCUT2D eigenvalue weighted by molar-refractivity contribution is 5.78. The van der Waals surface area contributed by atoms with Crippen LogP contribution in [0.1, 0.15) is 90.8 Å². The van der Waals surface area contributed by atoms with Crippen LogP contribution in [0.2, 0.25) is 0 Å². The number of nitrogens with zero attached hydrogens (tertiary/aromatic N) is 2. The number of para-hydroxylation sites is 2. The number of hydrogen-bond acceptors (Lipinski definition) is 2. The fourth-order valence-electron chi connectivity index (χ4n) is 3.64. The maximum atomic E-state index is 11.9. The smallest absolute Gasteiger partial charge is 0.222 e. The van der Waals surface area contributed by atoms with Crippen molar-refractivity contribution in [3.8, 4) is 0 Å². The normalized spacial score (nSPS) is 11.4. The highest BCUT2D eigenvalue weighted by Gasteiger charge is 2.12. The summed E-state index contributed by atoms with van der Waals surface area (Å²) < 4.78 is 2.29. The number of nitrogens with one attached hydrogen (secondary N) is 1. The first kappa shape index (κ1) is 22.4. The van der Waals surface area contributed by atoms with Crippen molar-refractivity contribution in [1.82, 2.24) is 14.9 Å². The van der Waals surface area contributed by atoms with Gasteiger partial charge in [-0.25, -0.2) is 4.98 Å². The largest absolute Gasteiger partial charge is 0.349 e. The zero-order chi connectivity index (χ0) is 20.2. The number of unbranched alkanes of at least 4 members (excludes halogenated alkanes) is 9. The molecular formula is C24H39N3O. The van der Waals surface area contributed by atoms with Gasteiger partial charge in [-0.15, -0.1) is 0 Å². The van der Waals surface area contributed by atoms with Crippen molar-refractivity contribution >= 4 is 16.9 Å². The number of carbonyl (C=O) groups is 1. The zero-order valence-electron chi connectivity index (χ0n) is 18.2. The maximum Gasteiger partial charge on any atom is 0.222 e. The van der Waals surface area contributed by atoms with Crippen LogP contribution in [0.4, 0.5) is 0 Å². The molecule has 2 aromatic rings. The fraction of sp³-hybridized carbons (Fsp3) is 0.667. The second-order valence-corrected chi connectivity index (χ2v) is 8.22. The number of rotatable bonds is 14. The van der Waals surface area contributed by atoms with E-state index in [4.69, 9.17) is 4.98 Å². The molecule has 28 heavy (non-hydrogen) atoms. The van der Waals surface area contributed by atoms with Gasteiger partial charge in [0.25, 0.3) is 0 Å². The van der Waals surface area contributed by atoms with Crippen LogP contribution in [-0.2, 0) is 17.9 Å². The average Bonchev–Trinajstić information content (AvgIpc) is 3.05. The monoisotopic (exact) mass is 385 g/mol. The minimum absolute atomic E-state index is 0.000184. The highest BCUT2D eigenvalue weighted by Crippen LogP contribution is 2.18. The van der Waals surface area contributed by atoms with E-state index in [0.717, 1.165) is 17.9 Å². The van der Waals surface area contributed by atoms with Crippen molar-refractivity contribution in [3.63, 3.8) is 0 Å². The van der Waals surface area contributed by atoms with Gasteiger partial charge in [0.2, 0.25) is 5.91 Å². The second-order valence-electron chi connectivity index (χ2n) is 8.22. The molecule has 0 radical (unpaired) electrons. The lowest BCUT2D eigenvalue weighted by Gasteiger charge is -2.11. The Morgan fingerprint density at radius 3 is 2.21 bits per heavy atom. The Kier molecular flexibility index (Phi) is 10.1. The molecule has 0 aliphatic heterocycles. The van der Waals surface area contributed by atoms with Gasteiger partial charge in [-0.3, -0.25) is 4.79 Å². The Morgan fingerprint density at radius 2 is 1.57 bits per heavy atom. The number of imidazole rings is 1. The van der Waals surface area contributed by atoms with Gasteiger partial charge in [-0.05, 0) is 18.6 Å². The molecule has 0 unspecified atom stereocenters. The van der Waals surface area contributed by atoms with Gasteiger partial charge in [-0.1, -0.05) is 90.7 Å². The number of fused-ring (bicyclic) bond motifs is 1. The lowest BCUT2D eigenvalue weighted by Crippen LogP contribution is -2.28. The van der Waals surface area contributed by atoms with Crippen LogP contribution in [0.15, 0.2) is 24.3 Å². The van der Waals surface area contributed by atoms with Crippen molar-refractivity contribution in [1.29, 1.82) is 0 Å². The molecule has 0 spiro atoms. The minimum Gasteiger partial charge on any atom is -0.349 e. The Bertz CT molecular complexity index is 705. The molecule has 0 aliphatic rings. The molecule has 4 heteroatoms. The van der Waals surface area contributed by atoms with Gasteiger partial charge in [0.1, 0.15) is 5.82 Å². The number of benzene rings is 1. The van der Waals surface area contributed by atoms with E-state index in [-0.39, 0.29) is 11.8 Å². The molecule has 0 bridgehead atoms. The summed E-state index contributed by atoms with van der Waals surface area (Å²) in [4.78, 5) is 16.7. The molecule has 1 aromatic carbocycles. The van der Waals surface area contributed by atoms with Gasteiger partial charge in [-0.2, -0.15) is 0 Å². The van der Waals surface area contributed by atoms with Crippen molar-refractivity contribution in [2.45, 2.75) is 98.1 Å². The molecule has 1 N–H and O–H groups in total. The van der Waals surface area contributed by atoms with E-state index in [2.05, 4.69) is 35.0 Å². The average molecular weight is 386 g/mol. The predicted octanol–water partition coefficient (Wildman–Crippen LogP) is 6.23. The van der Waals surface area contributed by atoms with Crippen LogP contribution >= 0.6 is 0 Å². The predicted molar refractivity (Wildman–Crippen MR) is 118 cm³/mol. The lowest BCUT2D eigenvalue weighted by atomic mass is 10.1. The molecule has 0 saturated heterocycles. The summed E-state index contributed by atoms with van der Waals surface area (Å²) in [6.07, 6.45) is 13.4. The third kappa shape index (κ3) is 7.29. The Labute approximate surface area is 171 Å². The lowest BCUT2D eigenvalue weighted by molar-refractivity contribution is -0.124. The Hall–Kier alpha value is -1.84. The molecule has 1 aromatic heterocycles. The number of hydrogen-bond donors (Lipinski definition) is 1. The summed E-state index contributed by atoms with van der Waals surface area (Å²) >= 11 is 0. The molecule has 0 saturated carbocycles. The van der Waals surface area contributed by atoms with Crippen LogP contribution in [-0.4, -0.2) is 15.5 Å². The molecule has 0 aliphatic carbocycles. The number of amides is 1. The van der Waals surface area contributed by atoms with Gasteiger partial charge in [0.05, 0.1) is 17.6 Å². The third-order valence-corrected chi connectivity index (χ3v) is 5.41. The minimum atomic E-state index is -0.000184. The first-order valence-electron chi connectivity index (χ1n) is 11.3. The van der Waals surface area contributed by atoms with Crippen molar-refractivity contribution in [2.24, 2.45) is 5.92 Å². The number of carbonyl (C=O) groups excluding carboxylic acids is 1.